The van der Waals surface area contributed by atoms with Gasteiger partial charge in [0, 0.05) is 24.2 Å². The minimum Gasteiger partial charge on any atom is -0.465 e. The lowest BCUT2D eigenvalue weighted by molar-refractivity contribution is -0.384. The van der Waals surface area contributed by atoms with E-state index in [0.717, 1.165) is 0 Å². The molecule has 0 fully saturated rings. The number of hydrogen-bond donors (Lipinski definition) is 0. The Morgan fingerprint density at radius 1 is 1.36 bits per heavy atom. The van der Waals surface area contributed by atoms with Gasteiger partial charge in [-0.05, 0) is 19.9 Å². The molecule has 0 aliphatic carbocycles. The van der Waals surface area contributed by atoms with E-state index in [1.165, 1.54) is 19.2 Å². The van der Waals surface area contributed by atoms with E-state index in [4.69, 9.17) is 4.74 Å². The van der Waals surface area contributed by atoms with E-state index >= 15 is 0 Å². The number of hydrogen-bond acceptors (Lipinski definition) is 6. The Morgan fingerprint density at radius 3 is 2.76 bits per heavy atom. The van der Waals surface area contributed by atoms with E-state index in [2.05, 4.69) is 10.1 Å². The first-order valence-electron chi connectivity index (χ1n) is 7.67. The Hall–Kier alpha value is -3.29. The summed E-state index contributed by atoms with van der Waals surface area (Å²) in [5.74, 6) is -0.502. The molecule has 0 N–H and O–H groups in total. The van der Waals surface area contributed by atoms with Gasteiger partial charge < -0.3 is 4.74 Å². The summed E-state index contributed by atoms with van der Waals surface area (Å²) in [6.07, 6.45) is 0. The number of pyridine rings is 1. The van der Waals surface area contributed by atoms with Crippen LogP contribution < -0.4 is 0 Å². The number of nitro groups is 1. The number of esters is 1. The Kier molecular flexibility index (Phi) is 4.18. The van der Waals surface area contributed by atoms with Gasteiger partial charge in [0.05, 0.1) is 34.4 Å². The highest BCUT2D eigenvalue weighted by atomic mass is 16.6. The van der Waals surface area contributed by atoms with E-state index in [-0.39, 0.29) is 5.69 Å². The summed E-state index contributed by atoms with van der Waals surface area (Å²) in [5, 5.41) is 16.1. The smallest absolute Gasteiger partial charge is 0.338 e. The summed E-state index contributed by atoms with van der Waals surface area (Å²) in [4.78, 5) is 27.4. The largest absolute Gasteiger partial charge is 0.465 e. The van der Waals surface area contributed by atoms with Crippen molar-refractivity contribution in [1.29, 1.82) is 0 Å². The van der Waals surface area contributed by atoms with Crippen LogP contribution in [-0.2, 0) is 11.3 Å². The average molecular weight is 340 g/mol. The molecule has 3 rings (SSSR count). The van der Waals surface area contributed by atoms with Gasteiger partial charge in [0.2, 0.25) is 0 Å². The van der Waals surface area contributed by atoms with Crippen molar-refractivity contribution in [2.24, 2.45) is 0 Å². The molecule has 1 aromatic carbocycles. The quantitative estimate of drug-likeness (QED) is 0.411. The zero-order chi connectivity index (χ0) is 18.1. The minimum absolute atomic E-state index is 0.0424. The highest BCUT2D eigenvalue weighted by molar-refractivity contribution is 6.05. The van der Waals surface area contributed by atoms with E-state index in [1.54, 1.807) is 29.8 Å². The fraction of sp³-hybridized carbons (Fsp3) is 0.235. The maximum absolute atomic E-state index is 12.2. The molecule has 25 heavy (non-hydrogen) atoms. The molecule has 0 amide bonds. The lowest BCUT2D eigenvalue weighted by atomic mass is 10.1. The van der Waals surface area contributed by atoms with Gasteiger partial charge in [-0.3, -0.25) is 10.1 Å². The van der Waals surface area contributed by atoms with Crippen molar-refractivity contribution in [3.8, 4) is 11.3 Å². The van der Waals surface area contributed by atoms with Crippen LogP contribution in [0.1, 0.15) is 23.0 Å². The summed E-state index contributed by atoms with van der Waals surface area (Å²) < 4.78 is 6.58. The molecule has 0 saturated heterocycles. The van der Waals surface area contributed by atoms with Crippen LogP contribution in [0.5, 0.6) is 0 Å². The molecule has 0 radical (unpaired) electrons. The normalized spacial score (nSPS) is 10.8. The predicted molar refractivity (Wildman–Crippen MR) is 91.4 cm³/mol. The second-order valence-electron chi connectivity index (χ2n) is 5.45. The number of ether oxygens (including phenoxy) is 1. The van der Waals surface area contributed by atoms with Crippen LogP contribution in [0.3, 0.4) is 0 Å². The number of aromatic nitrogens is 3. The minimum atomic E-state index is -0.502. The van der Waals surface area contributed by atoms with Gasteiger partial charge in [0.25, 0.3) is 5.69 Å². The zero-order valence-corrected chi connectivity index (χ0v) is 14.0. The first-order valence-corrected chi connectivity index (χ1v) is 7.67. The lowest BCUT2D eigenvalue weighted by Crippen LogP contribution is -2.05. The van der Waals surface area contributed by atoms with Crippen molar-refractivity contribution < 1.29 is 14.5 Å². The van der Waals surface area contributed by atoms with Crippen molar-refractivity contribution >= 4 is 22.7 Å². The molecule has 0 aliphatic heterocycles. The molecule has 0 saturated carbocycles. The number of carbonyl (C=O) groups excluding carboxylic acids is 1. The van der Waals surface area contributed by atoms with Crippen molar-refractivity contribution in [2.45, 2.75) is 20.4 Å². The number of benzene rings is 1. The summed E-state index contributed by atoms with van der Waals surface area (Å²) in [7, 11) is 1.31. The molecular formula is C17H16N4O4. The third kappa shape index (κ3) is 2.82. The molecule has 0 unspecified atom stereocenters. The Balaban J connectivity index is 2.31. The van der Waals surface area contributed by atoms with Gasteiger partial charge >= 0.3 is 5.97 Å². The van der Waals surface area contributed by atoms with Gasteiger partial charge in [-0.15, -0.1) is 0 Å². The number of rotatable bonds is 4. The molecule has 0 atom stereocenters. The SMILES string of the molecule is CCn1nc(C)c2c(C(=O)OC)cc(-c3cccc([N+](=O)[O-])c3)nc21. The van der Waals surface area contributed by atoms with Crippen LogP contribution in [0.2, 0.25) is 0 Å². The van der Waals surface area contributed by atoms with E-state index in [0.29, 0.717) is 40.1 Å². The van der Waals surface area contributed by atoms with Gasteiger partial charge in [-0.1, -0.05) is 12.1 Å². The Bertz CT molecular complexity index is 994. The number of carbonyl (C=O) groups is 1. The highest BCUT2D eigenvalue weighted by Crippen LogP contribution is 2.29. The molecular weight excluding hydrogens is 324 g/mol. The van der Waals surface area contributed by atoms with E-state index in [1.807, 2.05) is 6.92 Å². The Labute approximate surface area is 143 Å². The number of methoxy groups -OCH3 is 1. The van der Waals surface area contributed by atoms with Gasteiger partial charge in [-0.25, -0.2) is 14.5 Å². The van der Waals surface area contributed by atoms with Crippen LogP contribution in [0.15, 0.2) is 30.3 Å². The maximum atomic E-state index is 12.2. The molecule has 0 spiro atoms. The van der Waals surface area contributed by atoms with Gasteiger partial charge in [0.1, 0.15) is 0 Å². The van der Waals surface area contributed by atoms with Crippen molar-refractivity contribution in [2.75, 3.05) is 7.11 Å². The number of nitro benzene ring substituents is 1. The van der Waals surface area contributed by atoms with Crippen LogP contribution >= 0.6 is 0 Å². The second-order valence-corrected chi connectivity index (χ2v) is 5.45. The highest BCUT2D eigenvalue weighted by Gasteiger charge is 2.20. The summed E-state index contributed by atoms with van der Waals surface area (Å²) in [6.45, 7) is 4.30. The van der Waals surface area contributed by atoms with Crippen molar-refractivity contribution in [1.82, 2.24) is 14.8 Å². The predicted octanol–water partition coefficient (Wildman–Crippen LogP) is 3.12. The maximum Gasteiger partial charge on any atom is 0.338 e. The van der Waals surface area contributed by atoms with Crippen LogP contribution in [0.25, 0.3) is 22.3 Å². The third-order valence-electron chi connectivity index (χ3n) is 3.93. The van der Waals surface area contributed by atoms with Crippen LogP contribution in [-0.4, -0.2) is 32.8 Å². The number of aryl methyl sites for hydroxylation is 2. The standard InChI is InChI=1S/C17H16N4O4/c1-4-20-16-15(10(2)19-20)13(17(22)25-3)9-14(18-16)11-6-5-7-12(8-11)21(23)24/h5-9H,4H2,1-3H3. The van der Waals surface area contributed by atoms with Crippen LogP contribution in [0, 0.1) is 17.0 Å². The lowest BCUT2D eigenvalue weighted by Gasteiger charge is -2.07. The molecule has 3 aromatic rings. The third-order valence-corrected chi connectivity index (χ3v) is 3.93. The number of fused-ring (bicyclic) bond motifs is 1. The van der Waals surface area contributed by atoms with Gasteiger partial charge in [0.15, 0.2) is 5.65 Å². The molecule has 128 valence electrons. The fourth-order valence-corrected chi connectivity index (χ4v) is 2.77. The van der Waals surface area contributed by atoms with E-state index < -0.39 is 10.9 Å². The topological polar surface area (TPSA) is 100 Å². The summed E-state index contributed by atoms with van der Waals surface area (Å²) >= 11 is 0. The first-order chi connectivity index (χ1) is 12.0. The monoisotopic (exact) mass is 340 g/mol. The second kappa shape index (κ2) is 6.31. The number of nitrogens with zero attached hydrogens (tertiary/aromatic N) is 4. The summed E-state index contributed by atoms with van der Waals surface area (Å²) in [5.41, 5.74) is 2.51. The molecule has 2 heterocycles. The molecule has 2 aromatic heterocycles. The molecule has 8 heteroatoms. The first kappa shape index (κ1) is 16.6. The van der Waals surface area contributed by atoms with Crippen molar-refractivity contribution in [3.05, 3.63) is 51.7 Å². The zero-order valence-electron chi connectivity index (χ0n) is 14.0. The average Bonchev–Trinajstić information content (AvgIpc) is 2.96. The Morgan fingerprint density at radius 2 is 2.12 bits per heavy atom. The molecule has 0 bridgehead atoms. The molecule has 0 aliphatic rings. The van der Waals surface area contributed by atoms with Crippen LogP contribution in [0.4, 0.5) is 5.69 Å². The van der Waals surface area contributed by atoms with Crippen molar-refractivity contribution in [3.63, 3.8) is 0 Å². The van der Waals surface area contributed by atoms with E-state index in [9.17, 15) is 14.9 Å². The number of non-ortho nitro benzene ring substituents is 1. The summed E-state index contributed by atoms with van der Waals surface area (Å²) in [6, 6.07) is 7.71. The fourth-order valence-electron chi connectivity index (χ4n) is 2.77. The molecule has 8 nitrogen and oxygen atoms in total. The van der Waals surface area contributed by atoms with Gasteiger partial charge in [-0.2, -0.15) is 5.10 Å².